The summed E-state index contributed by atoms with van der Waals surface area (Å²) in [4.78, 5) is 28.1. The van der Waals surface area contributed by atoms with Gasteiger partial charge in [-0.1, -0.05) is 89.3 Å². The number of nitrogens with zero attached hydrogens (tertiary/aromatic N) is 2. The topological polar surface area (TPSA) is 68.3 Å². The van der Waals surface area contributed by atoms with Crippen LogP contribution in [0.15, 0.2) is 18.2 Å². The second kappa shape index (κ2) is 21.7. The number of rotatable bonds is 17. The molecule has 1 amide bonds. The van der Waals surface area contributed by atoms with Gasteiger partial charge in [-0.15, -0.1) is 0 Å². The number of methoxy groups -OCH3 is 2. The van der Waals surface area contributed by atoms with E-state index in [0.29, 0.717) is 12.2 Å². The summed E-state index contributed by atoms with van der Waals surface area (Å²) in [7, 11) is 2.76. The number of amides is 1. The minimum atomic E-state index is -0.706. The number of carbonyl (C=O) groups is 2. The number of aryl methyl sites for hydroxylation is 2. The van der Waals surface area contributed by atoms with Gasteiger partial charge in [0.1, 0.15) is 12.6 Å². The maximum atomic E-state index is 12.3. The summed E-state index contributed by atoms with van der Waals surface area (Å²) in [5, 5.41) is 0. The van der Waals surface area contributed by atoms with Crippen LogP contribution in [0.1, 0.15) is 109 Å². The highest BCUT2D eigenvalue weighted by Crippen LogP contribution is 2.27. The third kappa shape index (κ3) is 14.7. The Hall–Kier alpha value is -1.96. The quantitative estimate of drug-likeness (QED) is 0.144. The van der Waals surface area contributed by atoms with Crippen molar-refractivity contribution in [3.63, 3.8) is 0 Å². The number of hydrogen-bond donors (Lipinski definition) is 0. The summed E-state index contributed by atoms with van der Waals surface area (Å²) in [6, 6.07) is 5.01. The molecule has 3 unspecified atom stereocenters. The second-order valence-corrected chi connectivity index (χ2v) is 11.7. The molecule has 41 heavy (non-hydrogen) atoms. The average molecular weight is 577 g/mol. The van der Waals surface area contributed by atoms with Gasteiger partial charge in [-0.2, -0.15) is 0 Å². The van der Waals surface area contributed by atoms with Crippen molar-refractivity contribution in [3.05, 3.63) is 29.3 Å². The molecule has 236 valence electrons. The first kappa shape index (κ1) is 37.1. The van der Waals surface area contributed by atoms with Crippen LogP contribution in [0.4, 0.5) is 5.69 Å². The van der Waals surface area contributed by atoms with Gasteiger partial charge in [-0.05, 0) is 58.7 Å². The maximum Gasteiger partial charge on any atom is 0.328 e. The van der Waals surface area contributed by atoms with E-state index in [1.54, 1.807) is 6.92 Å². The SMILES string of the molecule is CCCCCCCCCCCCCN1CC(C)OC(C)C1.COCC(=O)N(c1c(C)cccc1C)C(C)C(=O)OC. The van der Waals surface area contributed by atoms with E-state index in [9.17, 15) is 9.59 Å². The molecule has 0 aliphatic carbocycles. The van der Waals surface area contributed by atoms with Crippen LogP contribution in [-0.2, 0) is 23.8 Å². The molecular weight excluding hydrogens is 516 g/mol. The Morgan fingerprint density at radius 1 is 0.902 bits per heavy atom. The van der Waals surface area contributed by atoms with E-state index in [2.05, 4.69) is 25.7 Å². The van der Waals surface area contributed by atoms with Gasteiger partial charge in [0.15, 0.2) is 0 Å². The fourth-order valence-electron chi connectivity index (χ4n) is 5.66. The summed E-state index contributed by atoms with van der Waals surface area (Å²) in [6.45, 7) is 15.6. The van der Waals surface area contributed by atoms with Crippen LogP contribution in [-0.4, -0.2) is 75.5 Å². The number of anilines is 1. The van der Waals surface area contributed by atoms with Gasteiger partial charge in [0.25, 0.3) is 5.91 Å². The minimum absolute atomic E-state index is 0.0882. The Kier molecular flexibility index (Phi) is 19.6. The number of unbranched alkanes of at least 4 members (excludes halogenated alkanes) is 10. The predicted octanol–water partition coefficient (Wildman–Crippen LogP) is 7.25. The smallest absolute Gasteiger partial charge is 0.328 e. The largest absolute Gasteiger partial charge is 0.467 e. The number of morpholine rings is 1. The van der Waals surface area contributed by atoms with Crippen molar-refractivity contribution in [3.8, 4) is 0 Å². The molecule has 0 N–H and O–H groups in total. The predicted molar refractivity (Wildman–Crippen MR) is 170 cm³/mol. The van der Waals surface area contributed by atoms with Crippen LogP contribution in [0.5, 0.6) is 0 Å². The molecule has 1 aliphatic heterocycles. The van der Waals surface area contributed by atoms with E-state index < -0.39 is 12.0 Å². The number of esters is 1. The molecule has 3 atom stereocenters. The lowest BCUT2D eigenvalue weighted by atomic mass is 10.1. The van der Waals surface area contributed by atoms with Crippen LogP contribution in [0, 0.1) is 13.8 Å². The monoisotopic (exact) mass is 576 g/mol. The van der Waals surface area contributed by atoms with Crippen LogP contribution in [0.25, 0.3) is 0 Å². The number of carbonyl (C=O) groups excluding carboxylic acids is 2. The van der Waals surface area contributed by atoms with Crippen molar-refractivity contribution in [2.75, 3.05) is 45.4 Å². The summed E-state index contributed by atoms with van der Waals surface area (Å²) < 4.78 is 15.4. The lowest BCUT2D eigenvalue weighted by Crippen LogP contribution is -2.46. The van der Waals surface area contributed by atoms with Crippen LogP contribution in [0.3, 0.4) is 0 Å². The van der Waals surface area contributed by atoms with Crippen LogP contribution < -0.4 is 4.90 Å². The molecule has 0 spiro atoms. The Morgan fingerprint density at radius 3 is 1.85 bits per heavy atom. The molecular formula is C34H60N2O5. The highest BCUT2D eigenvalue weighted by molar-refractivity contribution is 6.01. The second-order valence-electron chi connectivity index (χ2n) is 11.7. The Balaban J connectivity index is 0.000000410. The van der Waals surface area contributed by atoms with Crippen molar-refractivity contribution < 1.29 is 23.8 Å². The molecule has 1 fully saturated rings. The zero-order valence-corrected chi connectivity index (χ0v) is 27.5. The Bertz CT molecular complexity index is 831. The first-order valence-corrected chi connectivity index (χ1v) is 16.0. The highest BCUT2D eigenvalue weighted by atomic mass is 16.5. The maximum absolute atomic E-state index is 12.3. The summed E-state index contributed by atoms with van der Waals surface area (Å²) >= 11 is 0. The van der Waals surface area contributed by atoms with Gasteiger partial charge in [0.05, 0.1) is 25.0 Å². The molecule has 1 aromatic rings. The Morgan fingerprint density at radius 2 is 1.39 bits per heavy atom. The first-order valence-electron chi connectivity index (χ1n) is 16.0. The van der Waals surface area contributed by atoms with Gasteiger partial charge >= 0.3 is 5.97 Å². The third-order valence-electron chi connectivity index (χ3n) is 7.72. The number of ether oxygens (including phenoxy) is 3. The Labute approximate surface area is 251 Å². The molecule has 1 heterocycles. The van der Waals surface area contributed by atoms with Gasteiger partial charge in [0, 0.05) is 20.2 Å². The number of hydrogen-bond acceptors (Lipinski definition) is 6. The molecule has 0 radical (unpaired) electrons. The average Bonchev–Trinajstić information content (AvgIpc) is 2.93. The van der Waals surface area contributed by atoms with E-state index in [1.165, 1.54) is 96.3 Å². The normalized spacial score (nSPS) is 17.9. The fraction of sp³-hybridized carbons (Fsp3) is 0.765. The highest BCUT2D eigenvalue weighted by Gasteiger charge is 2.30. The molecule has 0 aromatic heterocycles. The van der Waals surface area contributed by atoms with Crippen molar-refractivity contribution in [2.24, 2.45) is 0 Å². The van der Waals surface area contributed by atoms with E-state index in [0.717, 1.165) is 29.9 Å². The summed E-state index contributed by atoms with van der Waals surface area (Å²) in [6.07, 6.45) is 16.6. The zero-order chi connectivity index (χ0) is 30.6. The minimum Gasteiger partial charge on any atom is -0.467 e. The lowest BCUT2D eigenvalue weighted by Gasteiger charge is -2.35. The standard InChI is InChI=1S/C19H39NO.C15H21NO4/c1-4-5-6-7-8-9-10-11-12-13-14-15-20-16-18(2)21-19(3)17-20;1-10-7-6-8-11(2)14(10)16(13(17)9-19-4)12(3)15(18)20-5/h18-19H,4-17H2,1-3H3;6-8,12H,9H2,1-5H3. The van der Waals surface area contributed by atoms with E-state index in [4.69, 9.17) is 14.2 Å². The van der Waals surface area contributed by atoms with E-state index in [1.807, 2.05) is 32.0 Å². The zero-order valence-electron chi connectivity index (χ0n) is 27.5. The van der Waals surface area contributed by atoms with Gasteiger partial charge in [-0.25, -0.2) is 4.79 Å². The van der Waals surface area contributed by atoms with Crippen molar-refractivity contribution in [1.82, 2.24) is 4.90 Å². The van der Waals surface area contributed by atoms with Crippen LogP contribution in [0.2, 0.25) is 0 Å². The molecule has 1 aliphatic rings. The van der Waals surface area contributed by atoms with Crippen molar-refractivity contribution in [1.29, 1.82) is 0 Å². The fourth-order valence-corrected chi connectivity index (χ4v) is 5.66. The van der Waals surface area contributed by atoms with Crippen molar-refractivity contribution in [2.45, 2.75) is 130 Å². The first-order chi connectivity index (χ1) is 19.7. The molecule has 1 saturated heterocycles. The number of para-hydroxylation sites is 1. The molecule has 1 aromatic carbocycles. The number of benzene rings is 1. The van der Waals surface area contributed by atoms with Gasteiger partial charge < -0.3 is 14.2 Å². The molecule has 7 heteroatoms. The summed E-state index contributed by atoms with van der Waals surface area (Å²) in [5.74, 6) is -0.736. The molecule has 2 rings (SSSR count). The lowest BCUT2D eigenvalue weighted by molar-refractivity contribution is -0.143. The van der Waals surface area contributed by atoms with Crippen LogP contribution >= 0.6 is 0 Å². The van der Waals surface area contributed by atoms with E-state index >= 15 is 0 Å². The van der Waals surface area contributed by atoms with Crippen molar-refractivity contribution >= 4 is 17.6 Å². The van der Waals surface area contributed by atoms with Gasteiger partial charge in [-0.3, -0.25) is 14.6 Å². The van der Waals surface area contributed by atoms with Gasteiger partial charge in [0.2, 0.25) is 0 Å². The molecule has 0 bridgehead atoms. The molecule has 0 saturated carbocycles. The third-order valence-corrected chi connectivity index (χ3v) is 7.72. The summed E-state index contributed by atoms with van der Waals surface area (Å²) in [5.41, 5.74) is 2.57. The van der Waals surface area contributed by atoms with E-state index in [-0.39, 0.29) is 12.5 Å². The molecule has 7 nitrogen and oxygen atoms in total.